The van der Waals surface area contributed by atoms with Crippen molar-refractivity contribution in [1.29, 1.82) is 0 Å². The van der Waals surface area contributed by atoms with Gasteiger partial charge in [-0.1, -0.05) is 36.4 Å². The Morgan fingerprint density at radius 2 is 1.67 bits per heavy atom. The average Bonchev–Trinajstić information content (AvgIpc) is 3.33. The molecule has 1 aliphatic rings. The number of aryl methyl sites for hydroxylation is 1. The van der Waals surface area contributed by atoms with Crippen LogP contribution in [0.1, 0.15) is 39.9 Å². The van der Waals surface area contributed by atoms with E-state index in [1.54, 1.807) is 44.3 Å². The second kappa shape index (κ2) is 10.0. The number of aromatic nitrogens is 1. The highest BCUT2D eigenvalue weighted by atomic mass is 16.5. The number of benzene rings is 2. The van der Waals surface area contributed by atoms with Crippen LogP contribution in [0.4, 0.5) is 0 Å². The first-order chi connectivity index (χ1) is 16.0. The number of amides is 1. The molecule has 0 unspecified atom stereocenters. The van der Waals surface area contributed by atoms with Crippen molar-refractivity contribution in [2.24, 2.45) is 0 Å². The van der Waals surface area contributed by atoms with Crippen LogP contribution in [0, 0.1) is 6.92 Å². The number of methoxy groups -OCH3 is 1. The second-order valence-electron chi connectivity index (χ2n) is 8.63. The van der Waals surface area contributed by atoms with E-state index in [-0.39, 0.29) is 17.0 Å². The van der Waals surface area contributed by atoms with Crippen LogP contribution < -0.4 is 10.3 Å². The Kier molecular flexibility index (Phi) is 6.94. The van der Waals surface area contributed by atoms with Crippen molar-refractivity contribution < 1.29 is 9.53 Å². The number of carbonyl (C=O) groups excluding carboxylic acids is 1. The van der Waals surface area contributed by atoms with E-state index >= 15 is 0 Å². The molecule has 1 fully saturated rings. The van der Waals surface area contributed by atoms with E-state index in [1.165, 1.54) is 23.0 Å². The first-order valence-corrected chi connectivity index (χ1v) is 11.4. The van der Waals surface area contributed by atoms with Gasteiger partial charge in [0.1, 0.15) is 11.3 Å². The minimum Gasteiger partial charge on any atom is -0.495 e. The SMILES string of the molecule is COc1ccccc1-n1ccc(C)c(C(=O)N(C)Cc2ccccc2CN2CCCC2)c1=O. The van der Waals surface area contributed by atoms with Crippen molar-refractivity contribution in [2.75, 3.05) is 27.2 Å². The molecule has 4 rings (SSSR count). The zero-order valence-corrected chi connectivity index (χ0v) is 19.6. The van der Waals surface area contributed by atoms with E-state index < -0.39 is 0 Å². The fraction of sp³-hybridized carbons (Fsp3) is 0.333. The molecule has 0 spiro atoms. The van der Waals surface area contributed by atoms with Crippen molar-refractivity contribution in [3.05, 3.63) is 93.4 Å². The van der Waals surface area contributed by atoms with Crippen LogP contribution in [0.5, 0.6) is 5.75 Å². The number of ether oxygens (including phenoxy) is 1. The van der Waals surface area contributed by atoms with Gasteiger partial charge in [-0.15, -0.1) is 0 Å². The number of rotatable bonds is 7. The largest absolute Gasteiger partial charge is 0.495 e. The van der Waals surface area contributed by atoms with Crippen LogP contribution in [0.15, 0.2) is 65.6 Å². The van der Waals surface area contributed by atoms with Gasteiger partial charge in [0.15, 0.2) is 0 Å². The Labute approximate surface area is 195 Å². The molecule has 0 N–H and O–H groups in total. The predicted molar refractivity (Wildman–Crippen MR) is 130 cm³/mol. The summed E-state index contributed by atoms with van der Waals surface area (Å²) >= 11 is 0. The summed E-state index contributed by atoms with van der Waals surface area (Å²) in [6.07, 6.45) is 4.18. The maximum atomic E-state index is 13.5. The smallest absolute Gasteiger partial charge is 0.268 e. The molecule has 3 aromatic rings. The fourth-order valence-electron chi connectivity index (χ4n) is 4.47. The summed E-state index contributed by atoms with van der Waals surface area (Å²) < 4.78 is 6.90. The Hall–Kier alpha value is -3.38. The highest BCUT2D eigenvalue weighted by Crippen LogP contribution is 2.22. The maximum absolute atomic E-state index is 13.5. The first-order valence-electron chi connectivity index (χ1n) is 11.4. The topological polar surface area (TPSA) is 54.8 Å². The molecule has 2 aromatic carbocycles. The van der Waals surface area contributed by atoms with Gasteiger partial charge >= 0.3 is 0 Å². The maximum Gasteiger partial charge on any atom is 0.268 e. The number of hydrogen-bond donors (Lipinski definition) is 0. The van der Waals surface area contributed by atoms with Crippen molar-refractivity contribution >= 4 is 5.91 Å². The third kappa shape index (κ3) is 4.86. The van der Waals surface area contributed by atoms with Crippen molar-refractivity contribution in [1.82, 2.24) is 14.4 Å². The molecule has 2 heterocycles. The number of para-hydroxylation sites is 2. The van der Waals surface area contributed by atoms with Gasteiger partial charge in [0.2, 0.25) is 0 Å². The van der Waals surface area contributed by atoms with Gasteiger partial charge in [-0.05, 0) is 67.7 Å². The first kappa shape index (κ1) is 22.8. The average molecular weight is 446 g/mol. The number of hydrogen-bond acceptors (Lipinski definition) is 4. The molecule has 6 heteroatoms. The Balaban J connectivity index is 1.62. The summed E-state index contributed by atoms with van der Waals surface area (Å²) in [7, 11) is 3.33. The van der Waals surface area contributed by atoms with Gasteiger partial charge in [0, 0.05) is 26.3 Å². The minimum absolute atomic E-state index is 0.183. The lowest BCUT2D eigenvalue weighted by molar-refractivity contribution is 0.0781. The summed E-state index contributed by atoms with van der Waals surface area (Å²) in [6, 6.07) is 17.4. The molecular weight excluding hydrogens is 414 g/mol. The summed E-state index contributed by atoms with van der Waals surface area (Å²) in [5.41, 5.74) is 3.45. The lowest BCUT2D eigenvalue weighted by Gasteiger charge is -2.22. The lowest BCUT2D eigenvalue weighted by Crippen LogP contribution is -2.35. The van der Waals surface area contributed by atoms with Gasteiger partial charge in [-0.3, -0.25) is 19.1 Å². The summed E-state index contributed by atoms with van der Waals surface area (Å²) in [5.74, 6) is 0.295. The van der Waals surface area contributed by atoms with Crippen LogP contribution in [0.3, 0.4) is 0 Å². The van der Waals surface area contributed by atoms with E-state index in [0.717, 1.165) is 25.2 Å². The van der Waals surface area contributed by atoms with Gasteiger partial charge < -0.3 is 9.64 Å². The lowest BCUT2D eigenvalue weighted by atomic mass is 10.1. The number of pyridine rings is 1. The molecular formula is C27H31N3O3. The third-order valence-electron chi connectivity index (χ3n) is 6.32. The Bertz CT molecular complexity index is 1200. The molecule has 0 aliphatic carbocycles. The van der Waals surface area contributed by atoms with Crippen molar-refractivity contribution in [3.8, 4) is 11.4 Å². The highest BCUT2D eigenvalue weighted by molar-refractivity contribution is 5.95. The van der Waals surface area contributed by atoms with E-state index in [4.69, 9.17) is 4.74 Å². The number of nitrogens with zero attached hydrogens (tertiary/aromatic N) is 3. The molecule has 0 saturated carbocycles. The van der Waals surface area contributed by atoms with Crippen molar-refractivity contribution in [3.63, 3.8) is 0 Å². The third-order valence-corrected chi connectivity index (χ3v) is 6.32. The highest BCUT2D eigenvalue weighted by Gasteiger charge is 2.22. The van der Waals surface area contributed by atoms with Crippen LogP contribution in [0.25, 0.3) is 5.69 Å². The summed E-state index contributed by atoms with van der Waals surface area (Å²) in [5, 5.41) is 0. The van der Waals surface area contributed by atoms with E-state index in [9.17, 15) is 9.59 Å². The monoisotopic (exact) mass is 445 g/mol. The zero-order chi connectivity index (χ0) is 23.4. The van der Waals surface area contributed by atoms with Gasteiger partial charge in [0.25, 0.3) is 11.5 Å². The molecule has 33 heavy (non-hydrogen) atoms. The standard InChI is InChI=1S/C27H31N3O3/c1-20-14-17-30(23-12-6-7-13-24(23)33-3)27(32)25(20)26(31)28(2)18-21-10-4-5-11-22(21)19-29-15-8-9-16-29/h4-7,10-14,17H,8-9,15-16,18-19H2,1-3H3. The molecule has 0 radical (unpaired) electrons. The molecule has 0 bridgehead atoms. The molecule has 6 nitrogen and oxygen atoms in total. The van der Waals surface area contributed by atoms with E-state index in [0.29, 0.717) is 23.5 Å². The number of carbonyl (C=O) groups is 1. The van der Waals surface area contributed by atoms with Crippen LogP contribution >= 0.6 is 0 Å². The predicted octanol–water partition coefficient (Wildman–Crippen LogP) is 4.02. The van der Waals surface area contributed by atoms with Crippen LogP contribution in [-0.2, 0) is 13.1 Å². The van der Waals surface area contributed by atoms with Gasteiger partial charge in [-0.25, -0.2) is 0 Å². The summed E-state index contributed by atoms with van der Waals surface area (Å²) in [4.78, 5) is 31.0. The Morgan fingerprint density at radius 3 is 2.39 bits per heavy atom. The van der Waals surface area contributed by atoms with Crippen molar-refractivity contribution in [2.45, 2.75) is 32.9 Å². The fourth-order valence-corrected chi connectivity index (χ4v) is 4.47. The molecule has 1 aliphatic heterocycles. The van der Waals surface area contributed by atoms with Crippen LogP contribution in [0.2, 0.25) is 0 Å². The molecule has 1 amide bonds. The van der Waals surface area contributed by atoms with Gasteiger partial charge in [-0.2, -0.15) is 0 Å². The molecule has 1 aromatic heterocycles. The van der Waals surface area contributed by atoms with Gasteiger partial charge in [0.05, 0.1) is 12.8 Å². The van der Waals surface area contributed by atoms with E-state index in [1.807, 2.05) is 30.3 Å². The zero-order valence-electron chi connectivity index (χ0n) is 19.6. The minimum atomic E-state index is -0.346. The van der Waals surface area contributed by atoms with Crippen LogP contribution in [-0.4, -0.2) is 47.5 Å². The van der Waals surface area contributed by atoms with E-state index in [2.05, 4.69) is 17.0 Å². The molecule has 0 atom stereocenters. The number of likely N-dealkylation sites (tertiary alicyclic amines) is 1. The Morgan fingerprint density at radius 1 is 1.00 bits per heavy atom. The molecule has 1 saturated heterocycles. The molecule has 172 valence electrons. The second-order valence-corrected chi connectivity index (χ2v) is 8.63. The summed E-state index contributed by atoms with van der Waals surface area (Å²) in [6.45, 7) is 5.38. The quantitative estimate of drug-likeness (QED) is 0.551. The normalized spacial score (nSPS) is 13.8.